The minimum atomic E-state index is -0.919. The summed E-state index contributed by atoms with van der Waals surface area (Å²) in [6.45, 7) is 0.0435. The Morgan fingerprint density at radius 2 is 2.29 bits per heavy atom. The first-order chi connectivity index (χ1) is 11.7. The van der Waals surface area contributed by atoms with Gasteiger partial charge in [0.2, 0.25) is 0 Å². The minimum absolute atomic E-state index is 0.0435. The van der Waals surface area contributed by atoms with Crippen molar-refractivity contribution in [2.24, 2.45) is 0 Å². The van der Waals surface area contributed by atoms with E-state index in [1.54, 1.807) is 23.5 Å². The van der Waals surface area contributed by atoms with Gasteiger partial charge in [0.05, 0.1) is 11.4 Å². The lowest BCUT2D eigenvalue weighted by molar-refractivity contribution is 0.0893. The number of hydrogen-bond donors (Lipinski definition) is 2. The fourth-order valence-electron chi connectivity index (χ4n) is 2.42. The van der Waals surface area contributed by atoms with Gasteiger partial charge in [-0.2, -0.15) is 0 Å². The van der Waals surface area contributed by atoms with Crippen LogP contribution in [0.1, 0.15) is 46.9 Å². The Hall–Kier alpha value is -2.38. The van der Waals surface area contributed by atoms with Crippen molar-refractivity contribution in [2.75, 3.05) is 6.54 Å². The van der Waals surface area contributed by atoms with E-state index in [9.17, 15) is 9.90 Å². The second kappa shape index (κ2) is 6.26. The van der Waals surface area contributed by atoms with E-state index in [-0.39, 0.29) is 18.1 Å². The summed E-state index contributed by atoms with van der Waals surface area (Å²) in [5.41, 5.74) is 0.239. The number of amides is 1. The fourth-order valence-corrected chi connectivity index (χ4v) is 3.11. The number of nitrogens with one attached hydrogen (secondary N) is 1. The summed E-state index contributed by atoms with van der Waals surface area (Å²) in [5, 5.41) is 18.6. The first kappa shape index (κ1) is 15.2. The number of hydrogen-bond acceptors (Lipinski definition) is 6. The van der Waals surface area contributed by atoms with Crippen molar-refractivity contribution in [3.8, 4) is 10.6 Å². The lowest BCUT2D eigenvalue weighted by Crippen LogP contribution is -2.28. The van der Waals surface area contributed by atoms with Gasteiger partial charge in [-0.05, 0) is 36.4 Å². The van der Waals surface area contributed by atoms with E-state index in [2.05, 4.69) is 10.5 Å². The van der Waals surface area contributed by atoms with Gasteiger partial charge in [-0.1, -0.05) is 11.2 Å². The third-order valence-corrected chi connectivity index (χ3v) is 4.80. The number of aliphatic hydroxyl groups excluding tert-OH is 1. The molecule has 7 heteroatoms. The first-order valence-electron chi connectivity index (χ1n) is 7.77. The molecule has 3 aromatic rings. The molecule has 3 heterocycles. The van der Waals surface area contributed by atoms with Crippen LogP contribution in [0.25, 0.3) is 10.6 Å². The number of aromatic nitrogens is 1. The summed E-state index contributed by atoms with van der Waals surface area (Å²) in [6, 6.07) is 9.08. The molecule has 24 heavy (non-hydrogen) atoms. The Balaban J connectivity index is 1.35. The highest BCUT2D eigenvalue weighted by molar-refractivity contribution is 7.13. The molecule has 1 fully saturated rings. The van der Waals surface area contributed by atoms with Crippen LogP contribution in [0.2, 0.25) is 0 Å². The molecule has 1 amide bonds. The topological polar surface area (TPSA) is 88.5 Å². The summed E-state index contributed by atoms with van der Waals surface area (Å²) >= 11 is 1.56. The highest BCUT2D eigenvalue weighted by Crippen LogP contribution is 2.40. The zero-order valence-corrected chi connectivity index (χ0v) is 13.6. The van der Waals surface area contributed by atoms with Crippen LogP contribution < -0.4 is 5.32 Å². The Morgan fingerprint density at radius 3 is 3.04 bits per heavy atom. The lowest BCUT2D eigenvalue weighted by atomic mass is 10.2. The number of furan rings is 1. The fraction of sp³-hybridized carbons (Fsp3) is 0.294. The summed E-state index contributed by atoms with van der Waals surface area (Å²) < 4.78 is 10.8. The Bertz CT molecular complexity index is 833. The molecule has 1 atom stereocenters. The maximum Gasteiger partial charge on any atom is 0.273 e. The molecule has 0 aromatic carbocycles. The van der Waals surface area contributed by atoms with E-state index in [4.69, 9.17) is 8.94 Å². The van der Waals surface area contributed by atoms with Gasteiger partial charge in [-0.25, -0.2) is 0 Å². The molecule has 1 aliphatic carbocycles. The minimum Gasteiger partial charge on any atom is -0.457 e. The average molecular weight is 344 g/mol. The van der Waals surface area contributed by atoms with Crippen molar-refractivity contribution in [3.63, 3.8) is 0 Å². The van der Waals surface area contributed by atoms with E-state index in [1.165, 1.54) is 0 Å². The van der Waals surface area contributed by atoms with Crippen molar-refractivity contribution in [1.82, 2.24) is 10.5 Å². The molecular weight excluding hydrogens is 328 g/mol. The highest BCUT2D eigenvalue weighted by Gasteiger charge is 2.29. The van der Waals surface area contributed by atoms with Crippen molar-refractivity contribution in [1.29, 1.82) is 0 Å². The van der Waals surface area contributed by atoms with Crippen LogP contribution in [0.15, 0.2) is 44.7 Å². The van der Waals surface area contributed by atoms with Crippen LogP contribution in [0.4, 0.5) is 0 Å². The molecule has 0 saturated heterocycles. The maximum atomic E-state index is 12.1. The van der Waals surface area contributed by atoms with Crippen LogP contribution >= 0.6 is 11.3 Å². The summed E-state index contributed by atoms with van der Waals surface area (Å²) in [6.07, 6.45) is 1.25. The number of carbonyl (C=O) groups is 1. The maximum absolute atomic E-state index is 12.1. The van der Waals surface area contributed by atoms with E-state index < -0.39 is 6.10 Å². The van der Waals surface area contributed by atoms with Crippen LogP contribution in [0.3, 0.4) is 0 Å². The van der Waals surface area contributed by atoms with Gasteiger partial charge >= 0.3 is 0 Å². The first-order valence-corrected chi connectivity index (χ1v) is 8.65. The van der Waals surface area contributed by atoms with E-state index >= 15 is 0 Å². The van der Waals surface area contributed by atoms with Crippen molar-refractivity contribution in [2.45, 2.75) is 24.9 Å². The van der Waals surface area contributed by atoms with Gasteiger partial charge in [0, 0.05) is 12.0 Å². The van der Waals surface area contributed by atoms with Gasteiger partial charge in [-0.15, -0.1) is 11.3 Å². The molecule has 0 aliphatic heterocycles. The number of nitrogens with zero attached hydrogens (tertiary/aromatic N) is 1. The zero-order chi connectivity index (χ0) is 16.5. The van der Waals surface area contributed by atoms with E-state index in [0.717, 1.165) is 23.5 Å². The van der Waals surface area contributed by atoms with Gasteiger partial charge in [0.15, 0.2) is 5.69 Å². The van der Waals surface area contributed by atoms with Crippen molar-refractivity contribution < 1.29 is 18.8 Å². The molecule has 124 valence electrons. The third-order valence-electron chi connectivity index (χ3n) is 3.92. The van der Waals surface area contributed by atoms with Crippen molar-refractivity contribution in [3.05, 3.63) is 52.9 Å². The normalized spacial score (nSPS) is 15.4. The van der Waals surface area contributed by atoms with Crippen LogP contribution in [0, 0.1) is 0 Å². The van der Waals surface area contributed by atoms with E-state index in [1.807, 2.05) is 23.6 Å². The molecule has 1 aliphatic rings. The molecule has 1 saturated carbocycles. The number of aliphatic hydroxyl groups is 1. The van der Waals surface area contributed by atoms with Crippen molar-refractivity contribution >= 4 is 17.2 Å². The molecule has 1 unspecified atom stereocenters. The largest absolute Gasteiger partial charge is 0.457 e. The Kier molecular flexibility index (Phi) is 3.95. The standard InChI is InChI=1S/C17H16N2O4S/c20-12(13-5-6-14(22-13)16-2-1-7-24-16)9-18-17(21)11-8-15(23-19-11)10-3-4-10/h1-2,5-8,10,12,20H,3-4,9H2,(H,18,21). The molecule has 0 spiro atoms. The number of thiophene rings is 1. The van der Waals surface area contributed by atoms with Crippen LogP contribution in [-0.4, -0.2) is 22.7 Å². The predicted octanol–water partition coefficient (Wildman–Crippen LogP) is 3.34. The third kappa shape index (κ3) is 3.13. The quantitative estimate of drug-likeness (QED) is 0.716. The Labute approximate surface area is 142 Å². The smallest absolute Gasteiger partial charge is 0.273 e. The van der Waals surface area contributed by atoms with E-state index in [0.29, 0.717) is 17.4 Å². The van der Waals surface area contributed by atoms with Crippen LogP contribution in [-0.2, 0) is 0 Å². The second-order valence-corrected chi connectivity index (χ2v) is 6.74. The molecule has 6 nitrogen and oxygen atoms in total. The molecule has 0 radical (unpaired) electrons. The lowest BCUT2D eigenvalue weighted by Gasteiger charge is -2.08. The van der Waals surface area contributed by atoms with Crippen LogP contribution in [0.5, 0.6) is 0 Å². The highest BCUT2D eigenvalue weighted by atomic mass is 32.1. The van der Waals surface area contributed by atoms with Gasteiger partial charge in [0.1, 0.15) is 23.4 Å². The number of carbonyl (C=O) groups excluding carboxylic acids is 1. The summed E-state index contributed by atoms with van der Waals surface area (Å²) in [5.74, 6) is 1.92. The summed E-state index contributed by atoms with van der Waals surface area (Å²) in [7, 11) is 0. The Morgan fingerprint density at radius 1 is 1.42 bits per heavy atom. The molecule has 0 bridgehead atoms. The molecule has 4 rings (SSSR count). The molecule has 2 N–H and O–H groups in total. The predicted molar refractivity (Wildman–Crippen MR) is 87.8 cm³/mol. The van der Waals surface area contributed by atoms with Gasteiger partial charge in [0.25, 0.3) is 5.91 Å². The SMILES string of the molecule is O=C(NCC(O)c1ccc(-c2cccs2)o1)c1cc(C2CC2)on1. The summed E-state index contributed by atoms with van der Waals surface area (Å²) in [4.78, 5) is 13.0. The van der Waals surface area contributed by atoms with Gasteiger partial charge < -0.3 is 19.4 Å². The molecular formula is C17H16N2O4S. The second-order valence-electron chi connectivity index (χ2n) is 5.79. The zero-order valence-electron chi connectivity index (χ0n) is 12.8. The average Bonchev–Trinajstić information content (AvgIpc) is 3.07. The molecule has 3 aromatic heterocycles. The monoisotopic (exact) mass is 344 g/mol. The van der Waals surface area contributed by atoms with Gasteiger partial charge in [-0.3, -0.25) is 4.79 Å². The number of rotatable bonds is 6.